The predicted molar refractivity (Wildman–Crippen MR) is 148 cm³/mol. The van der Waals surface area contributed by atoms with Crippen LogP contribution < -0.4 is 14.8 Å². The van der Waals surface area contributed by atoms with Gasteiger partial charge in [0.05, 0.1) is 17.2 Å². The van der Waals surface area contributed by atoms with E-state index in [1.807, 2.05) is 0 Å². The Kier molecular flexibility index (Phi) is 10.5. The van der Waals surface area contributed by atoms with Crippen LogP contribution in [0.1, 0.15) is 24.0 Å². The van der Waals surface area contributed by atoms with Crippen molar-refractivity contribution in [2.75, 3.05) is 24.3 Å². The topological polar surface area (TPSA) is 114 Å². The summed E-state index contributed by atoms with van der Waals surface area (Å²) < 4.78 is 24.8. The normalized spacial score (nSPS) is 15.7. The maximum atomic E-state index is 13.4. The Balaban J connectivity index is 1.50. The second-order valence-electron chi connectivity index (χ2n) is 8.59. The van der Waals surface area contributed by atoms with Gasteiger partial charge in [0.15, 0.2) is 0 Å². The zero-order valence-corrected chi connectivity index (χ0v) is 22.7. The average molecular weight is 580 g/mol. The highest BCUT2D eigenvalue weighted by Gasteiger charge is 2.23. The van der Waals surface area contributed by atoms with Crippen molar-refractivity contribution >= 4 is 50.5 Å². The lowest BCUT2D eigenvalue weighted by Crippen LogP contribution is -2.22. The van der Waals surface area contributed by atoms with E-state index in [9.17, 15) is 14.3 Å². The summed E-state index contributed by atoms with van der Waals surface area (Å²) in [6, 6.07) is 11.2. The number of hydrogen-bond donors (Lipinski definition) is 3. The van der Waals surface area contributed by atoms with Crippen LogP contribution in [-0.4, -0.2) is 56.3 Å². The van der Waals surface area contributed by atoms with Crippen LogP contribution in [0.2, 0.25) is 5.02 Å². The van der Waals surface area contributed by atoms with Gasteiger partial charge in [-0.1, -0.05) is 45.3 Å². The number of halogens is 2. The number of ketones is 1. The van der Waals surface area contributed by atoms with Crippen LogP contribution in [0.15, 0.2) is 48.8 Å². The second-order valence-corrected chi connectivity index (χ2v) is 11.8. The fourth-order valence-electron chi connectivity index (χ4n) is 3.67. The van der Waals surface area contributed by atoms with E-state index >= 15 is 0 Å². The van der Waals surface area contributed by atoms with Crippen LogP contribution in [0.25, 0.3) is 0 Å². The minimum atomic E-state index is -1.09. The van der Waals surface area contributed by atoms with Crippen LogP contribution in [0.3, 0.4) is 0 Å². The number of hydrogen-bond acceptors (Lipinski definition) is 10. The molecule has 0 aliphatic carbocycles. The Hall–Kier alpha value is -2.57. The zero-order chi connectivity index (χ0) is 26.9. The first-order chi connectivity index (χ1) is 18.4. The van der Waals surface area contributed by atoms with Gasteiger partial charge in [-0.25, -0.2) is 14.4 Å². The van der Waals surface area contributed by atoms with Gasteiger partial charge >= 0.3 is 0 Å². The van der Waals surface area contributed by atoms with Gasteiger partial charge in [0.1, 0.15) is 48.8 Å². The smallest absolute Gasteiger partial charge is 0.222 e. The Bertz CT molecular complexity index is 1250. The van der Waals surface area contributed by atoms with Gasteiger partial charge in [-0.2, -0.15) is 0 Å². The highest BCUT2D eigenvalue weighted by molar-refractivity contribution is 8.77. The molecule has 0 saturated carbocycles. The number of ether oxygens (including phenoxy) is 2. The highest BCUT2D eigenvalue weighted by Crippen LogP contribution is 2.40. The molecule has 12 heteroatoms. The quantitative estimate of drug-likeness (QED) is 0.240. The van der Waals surface area contributed by atoms with Crippen molar-refractivity contribution in [2.24, 2.45) is 0 Å². The average Bonchev–Trinajstić information content (AvgIpc) is 3.41. The van der Waals surface area contributed by atoms with Crippen molar-refractivity contribution in [1.29, 1.82) is 0 Å². The molecule has 0 radical (unpaired) electrons. The van der Waals surface area contributed by atoms with E-state index in [1.165, 1.54) is 18.5 Å². The summed E-state index contributed by atoms with van der Waals surface area (Å²) in [6.07, 6.45) is 1.65. The van der Waals surface area contributed by atoms with E-state index in [2.05, 4.69) is 15.3 Å². The standard InChI is InChI=1S/C26H27ClFN3O5S2/c27-23-9-18(4-5-24(23)35-13-16-2-1-3-17(28)8-16)31-25-22(11-19(33)10-21-6-7-37-38-21)26(30-15-29-25)36-14-20(34)12-32/h1-5,8-9,15,20-21,32,34H,6-7,10-14H2,(H,29,30,31)/t20-,21?/m1/s1. The van der Waals surface area contributed by atoms with Gasteiger partial charge in [0.2, 0.25) is 5.88 Å². The Morgan fingerprint density at radius 3 is 2.84 bits per heavy atom. The fraction of sp³-hybridized carbons (Fsp3) is 0.346. The summed E-state index contributed by atoms with van der Waals surface area (Å²) >= 11 is 6.44. The van der Waals surface area contributed by atoms with Crippen LogP contribution in [0.4, 0.5) is 15.9 Å². The highest BCUT2D eigenvalue weighted by atomic mass is 35.5. The molecule has 0 amide bonds. The zero-order valence-electron chi connectivity index (χ0n) is 20.3. The molecule has 0 bridgehead atoms. The SMILES string of the molecule is O=C(Cc1c(Nc2ccc(OCc3cccc(F)c3)c(Cl)c2)ncnc1OC[C@H](O)CO)CC1CCSS1. The maximum Gasteiger partial charge on any atom is 0.222 e. The molecule has 38 heavy (non-hydrogen) atoms. The summed E-state index contributed by atoms with van der Waals surface area (Å²) in [5.74, 6) is 1.65. The van der Waals surface area contributed by atoms with Crippen LogP contribution in [0, 0.1) is 5.82 Å². The minimum Gasteiger partial charge on any atom is -0.487 e. The van der Waals surface area contributed by atoms with Gasteiger partial charge in [-0.3, -0.25) is 4.79 Å². The molecule has 3 N–H and O–H groups in total. The number of anilines is 2. The Morgan fingerprint density at radius 1 is 1.24 bits per heavy atom. The van der Waals surface area contributed by atoms with Crippen LogP contribution >= 0.6 is 33.2 Å². The number of carbonyl (C=O) groups excluding carboxylic acids is 1. The lowest BCUT2D eigenvalue weighted by molar-refractivity contribution is -0.118. The molecule has 1 unspecified atom stereocenters. The summed E-state index contributed by atoms with van der Waals surface area (Å²) in [5, 5.41) is 22.6. The third-order valence-electron chi connectivity index (χ3n) is 5.56. The molecule has 1 saturated heterocycles. The van der Waals surface area contributed by atoms with Crippen molar-refractivity contribution in [2.45, 2.75) is 37.2 Å². The van der Waals surface area contributed by atoms with Crippen molar-refractivity contribution < 1.29 is 28.9 Å². The number of benzene rings is 2. The first-order valence-electron chi connectivity index (χ1n) is 11.9. The molecule has 8 nitrogen and oxygen atoms in total. The van der Waals surface area contributed by atoms with Crippen molar-refractivity contribution in [1.82, 2.24) is 9.97 Å². The number of nitrogens with zero attached hydrogens (tertiary/aromatic N) is 2. The number of Topliss-reactive ketones (excluding diaryl/α,β-unsaturated/α-hetero) is 1. The molecular weight excluding hydrogens is 553 g/mol. The predicted octanol–water partition coefficient (Wildman–Crippen LogP) is 4.98. The fourth-order valence-corrected chi connectivity index (χ4v) is 6.84. The molecule has 0 spiro atoms. The Labute approximate surface area is 232 Å². The molecule has 1 aromatic heterocycles. The molecule has 2 heterocycles. The summed E-state index contributed by atoms with van der Waals surface area (Å²) in [4.78, 5) is 21.4. The third-order valence-corrected chi connectivity index (χ3v) is 8.80. The lowest BCUT2D eigenvalue weighted by atomic mass is 10.1. The van der Waals surface area contributed by atoms with E-state index in [-0.39, 0.29) is 42.4 Å². The van der Waals surface area contributed by atoms with Gasteiger partial charge in [-0.15, -0.1) is 0 Å². The van der Waals surface area contributed by atoms with E-state index < -0.39 is 12.7 Å². The van der Waals surface area contributed by atoms with Gasteiger partial charge in [0, 0.05) is 29.5 Å². The van der Waals surface area contributed by atoms with Crippen molar-refractivity contribution in [3.8, 4) is 11.6 Å². The van der Waals surface area contributed by atoms with Crippen LogP contribution in [0.5, 0.6) is 11.6 Å². The number of nitrogens with one attached hydrogen (secondary N) is 1. The number of aliphatic hydroxyl groups is 2. The summed E-state index contributed by atoms with van der Waals surface area (Å²) in [7, 11) is 3.50. The number of rotatable bonds is 13. The van der Waals surface area contributed by atoms with Gasteiger partial charge < -0.3 is 25.0 Å². The largest absolute Gasteiger partial charge is 0.487 e. The maximum absolute atomic E-state index is 13.4. The molecular formula is C26H27ClFN3O5S2. The molecule has 1 aliphatic rings. The molecule has 3 aromatic rings. The van der Waals surface area contributed by atoms with Crippen molar-refractivity contribution in [3.05, 3.63) is 70.8 Å². The molecule has 2 atom stereocenters. The number of carbonyl (C=O) groups is 1. The van der Waals surface area contributed by atoms with E-state index in [1.54, 1.807) is 51.9 Å². The van der Waals surface area contributed by atoms with Gasteiger partial charge in [-0.05, 0) is 42.3 Å². The third kappa shape index (κ3) is 8.21. The number of aliphatic hydroxyl groups excluding tert-OH is 2. The van der Waals surface area contributed by atoms with Crippen molar-refractivity contribution in [3.63, 3.8) is 0 Å². The molecule has 1 fully saturated rings. The molecule has 202 valence electrons. The first-order valence-corrected chi connectivity index (χ1v) is 14.7. The van der Waals surface area contributed by atoms with E-state index in [0.29, 0.717) is 39.8 Å². The lowest BCUT2D eigenvalue weighted by Gasteiger charge is -2.17. The molecule has 1 aliphatic heterocycles. The first kappa shape index (κ1) is 28.4. The van der Waals surface area contributed by atoms with Crippen LogP contribution in [-0.2, 0) is 17.8 Å². The summed E-state index contributed by atoms with van der Waals surface area (Å²) in [5.41, 5.74) is 1.71. The van der Waals surface area contributed by atoms with E-state index in [0.717, 1.165) is 12.2 Å². The number of aromatic nitrogens is 2. The minimum absolute atomic E-state index is 0.0227. The van der Waals surface area contributed by atoms with E-state index in [4.69, 9.17) is 26.2 Å². The van der Waals surface area contributed by atoms with Gasteiger partial charge in [0.25, 0.3) is 0 Å². The summed E-state index contributed by atoms with van der Waals surface area (Å²) in [6.45, 7) is -0.500. The second kappa shape index (κ2) is 14.0. The monoisotopic (exact) mass is 579 g/mol. The Morgan fingerprint density at radius 2 is 2.11 bits per heavy atom. The molecule has 4 rings (SSSR count). The molecule has 2 aromatic carbocycles.